The van der Waals surface area contributed by atoms with E-state index >= 15 is 0 Å². The molecule has 0 aliphatic carbocycles. The Morgan fingerprint density at radius 1 is 1.00 bits per heavy atom. The minimum atomic E-state index is -0.313. The Kier molecular flexibility index (Phi) is 5.20. The van der Waals surface area contributed by atoms with Crippen LogP contribution < -0.4 is 10.5 Å². The third-order valence-corrected chi connectivity index (χ3v) is 6.03. The van der Waals surface area contributed by atoms with E-state index in [2.05, 4.69) is 44.1 Å². The first kappa shape index (κ1) is 19.4. The quantitative estimate of drug-likeness (QED) is 0.531. The summed E-state index contributed by atoms with van der Waals surface area (Å²) in [5.41, 5.74) is 3.02. The predicted molar refractivity (Wildman–Crippen MR) is 121 cm³/mol. The lowest BCUT2D eigenvalue weighted by molar-refractivity contribution is 0.400. The van der Waals surface area contributed by atoms with Gasteiger partial charge in [-0.3, -0.25) is 9.78 Å². The van der Waals surface area contributed by atoms with E-state index in [4.69, 9.17) is 0 Å². The van der Waals surface area contributed by atoms with Gasteiger partial charge in [-0.15, -0.1) is 0 Å². The lowest BCUT2D eigenvalue weighted by atomic mass is 9.90. The monoisotopic (exact) mass is 414 g/mol. The Hall–Kier alpha value is -3.54. The van der Waals surface area contributed by atoms with E-state index in [-0.39, 0.29) is 11.4 Å². The van der Waals surface area contributed by atoms with Gasteiger partial charge in [-0.05, 0) is 60.1 Å². The molecule has 1 N–H and O–H groups in total. The second-order valence-corrected chi connectivity index (χ2v) is 8.07. The number of anilines is 1. The Labute approximate surface area is 179 Å². The fourth-order valence-corrected chi connectivity index (χ4v) is 4.37. The maximum absolute atomic E-state index is 13.3. The average molecular weight is 414 g/mol. The zero-order valence-corrected chi connectivity index (χ0v) is 17.1. The molecule has 0 spiro atoms. The second-order valence-electron chi connectivity index (χ2n) is 8.07. The van der Waals surface area contributed by atoms with E-state index in [9.17, 15) is 9.18 Å². The van der Waals surface area contributed by atoms with Crippen LogP contribution in [0.5, 0.6) is 0 Å². The topological polar surface area (TPSA) is 61.9 Å². The van der Waals surface area contributed by atoms with Gasteiger partial charge in [0.1, 0.15) is 5.82 Å². The molecule has 6 heteroatoms. The van der Waals surface area contributed by atoms with Gasteiger partial charge in [-0.2, -0.15) is 4.98 Å². The van der Waals surface area contributed by atoms with Crippen LogP contribution >= 0.6 is 0 Å². The van der Waals surface area contributed by atoms with Crippen molar-refractivity contribution < 1.29 is 4.39 Å². The molecule has 1 saturated heterocycles. The van der Waals surface area contributed by atoms with Crippen LogP contribution in [0.3, 0.4) is 0 Å². The first-order valence-corrected chi connectivity index (χ1v) is 10.6. The van der Waals surface area contributed by atoms with Crippen molar-refractivity contribution in [2.45, 2.75) is 19.3 Å². The number of piperidine rings is 1. The van der Waals surface area contributed by atoms with Gasteiger partial charge in [0.15, 0.2) is 5.65 Å². The molecule has 0 saturated carbocycles. The van der Waals surface area contributed by atoms with Crippen molar-refractivity contribution >= 4 is 17.0 Å². The van der Waals surface area contributed by atoms with E-state index in [0.29, 0.717) is 28.5 Å². The number of pyridine rings is 1. The lowest BCUT2D eigenvalue weighted by Gasteiger charge is -2.32. The van der Waals surface area contributed by atoms with Crippen LogP contribution in [0.15, 0.2) is 71.7 Å². The van der Waals surface area contributed by atoms with Gasteiger partial charge in [0.2, 0.25) is 5.95 Å². The van der Waals surface area contributed by atoms with Crippen molar-refractivity contribution in [3.63, 3.8) is 0 Å². The molecule has 2 aromatic carbocycles. The molecule has 1 aliphatic rings. The minimum Gasteiger partial charge on any atom is -0.342 e. The van der Waals surface area contributed by atoms with E-state index in [1.165, 1.54) is 17.7 Å². The fraction of sp³-hybridized carbons (Fsp3) is 0.240. The van der Waals surface area contributed by atoms with Crippen LogP contribution in [0.1, 0.15) is 18.4 Å². The van der Waals surface area contributed by atoms with Crippen molar-refractivity contribution in [1.29, 1.82) is 0 Å². The summed E-state index contributed by atoms with van der Waals surface area (Å²) in [7, 11) is 0. The maximum atomic E-state index is 13.3. The summed E-state index contributed by atoms with van der Waals surface area (Å²) >= 11 is 0. The van der Waals surface area contributed by atoms with Crippen molar-refractivity contribution in [3.05, 3.63) is 88.6 Å². The van der Waals surface area contributed by atoms with E-state index in [0.717, 1.165) is 37.9 Å². The van der Waals surface area contributed by atoms with Crippen LogP contribution in [0.4, 0.5) is 10.3 Å². The number of benzene rings is 2. The summed E-state index contributed by atoms with van der Waals surface area (Å²) < 4.78 is 13.3. The standard InChI is InChI=1S/C25H23FN4O/c26-20-8-6-19(7-9-20)21-10-13-27-23-22(21)24(31)29-25(28-23)30-14-11-18(12-15-30)16-17-4-2-1-3-5-17/h1-10,13,18H,11-12,14-16H2,(H,27,28,29,31). The Balaban J connectivity index is 1.38. The number of rotatable bonds is 4. The van der Waals surface area contributed by atoms with Crippen LogP contribution in [0.25, 0.3) is 22.2 Å². The molecule has 1 fully saturated rings. The summed E-state index contributed by atoms with van der Waals surface area (Å²) in [5, 5.41) is 0.428. The number of aromatic amines is 1. The molecule has 3 heterocycles. The molecule has 31 heavy (non-hydrogen) atoms. The number of hydrogen-bond donors (Lipinski definition) is 1. The van der Waals surface area contributed by atoms with Gasteiger partial charge in [-0.1, -0.05) is 42.5 Å². The van der Waals surface area contributed by atoms with Gasteiger partial charge < -0.3 is 4.90 Å². The highest BCUT2D eigenvalue weighted by Crippen LogP contribution is 2.27. The summed E-state index contributed by atoms with van der Waals surface area (Å²) in [5.74, 6) is 0.889. The lowest BCUT2D eigenvalue weighted by Crippen LogP contribution is -2.36. The molecule has 0 amide bonds. The van der Waals surface area contributed by atoms with Crippen molar-refractivity contribution in [1.82, 2.24) is 15.0 Å². The molecule has 0 atom stereocenters. The van der Waals surface area contributed by atoms with Gasteiger partial charge in [0, 0.05) is 19.3 Å². The first-order valence-electron chi connectivity index (χ1n) is 10.6. The summed E-state index contributed by atoms with van der Waals surface area (Å²) in [6.45, 7) is 1.70. The molecule has 156 valence electrons. The van der Waals surface area contributed by atoms with Gasteiger partial charge in [-0.25, -0.2) is 9.37 Å². The summed E-state index contributed by atoms with van der Waals surface area (Å²) in [6.07, 6.45) is 4.83. The smallest absolute Gasteiger partial charge is 0.262 e. The third-order valence-electron chi connectivity index (χ3n) is 6.03. The highest BCUT2D eigenvalue weighted by molar-refractivity contribution is 5.92. The number of H-pyrrole nitrogens is 1. The van der Waals surface area contributed by atoms with Gasteiger partial charge in [0.25, 0.3) is 5.56 Å². The zero-order chi connectivity index (χ0) is 21.2. The number of aromatic nitrogens is 3. The molecule has 0 radical (unpaired) electrons. The SMILES string of the molecule is O=c1[nH]c(N2CCC(Cc3ccccc3)CC2)nc2nccc(-c3ccc(F)cc3)c12. The number of nitrogens with one attached hydrogen (secondary N) is 1. The summed E-state index contributed by atoms with van der Waals surface area (Å²) in [4.78, 5) is 27.1. The highest BCUT2D eigenvalue weighted by Gasteiger charge is 2.22. The van der Waals surface area contributed by atoms with Crippen LogP contribution in [0, 0.1) is 11.7 Å². The van der Waals surface area contributed by atoms with E-state index < -0.39 is 0 Å². The molecule has 1 aliphatic heterocycles. The van der Waals surface area contributed by atoms with Crippen molar-refractivity contribution in [2.24, 2.45) is 5.92 Å². The number of nitrogens with zero attached hydrogens (tertiary/aromatic N) is 3. The number of hydrogen-bond acceptors (Lipinski definition) is 4. The largest absolute Gasteiger partial charge is 0.342 e. The van der Waals surface area contributed by atoms with Crippen molar-refractivity contribution in [3.8, 4) is 11.1 Å². The normalized spacial score (nSPS) is 14.8. The summed E-state index contributed by atoms with van der Waals surface area (Å²) in [6, 6.07) is 18.4. The van der Waals surface area contributed by atoms with Crippen molar-refractivity contribution in [2.75, 3.05) is 18.0 Å². The Bertz CT molecular complexity index is 1250. The average Bonchev–Trinajstić information content (AvgIpc) is 2.80. The maximum Gasteiger partial charge on any atom is 0.262 e. The molecule has 0 unspecified atom stereocenters. The molecule has 5 rings (SSSR count). The number of fused-ring (bicyclic) bond motifs is 1. The molecule has 2 aromatic heterocycles. The minimum absolute atomic E-state index is 0.223. The Morgan fingerprint density at radius 2 is 1.74 bits per heavy atom. The van der Waals surface area contributed by atoms with Gasteiger partial charge >= 0.3 is 0 Å². The Morgan fingerprint density at radius 3 is 2.48 bits per heavy atom. The molecule has 0 bridgehead atoms. The molecular formula is C25H23FN4O. The van der Waals surface area contributed by atoms with E-state index in [1.54, 1.807) is 24.4 Å². The van der Waals surface area contributed by atoms with Crippen LogP contribution in [0.2, 0.25) is 0 Å². The fourth-order valence-electron chi connectivity index (χ4n) is 4.37. The second kappa shape index (κ2) is 8.30. The molecular weight excluding hydrogens is 391 g/mol. The third kappa shape index (κ3) is 4.06. The molecule has 4 aromatic rings. The van der Waals surface area contributed by atoms with E-state index in [1.807, 2.05) is 6.07 Å². The van der Waals surface area contributed by atoms with Crippen LogP contribution in [-0.4, -0.2) is 28.0 Å². The number of halogens is 1. The molecule has 5 nitrogen and oxygen atoms in total. The zero-order valence-electron chi connectivity index (χ0n) is 17.1. The van der Waals surface area contributed by atoms with Gasteiger partial charge in [0.05, 0.1) is 5.39 Å². The predicted octanol–water partition coefficient (Wildman–Crippen LogP) is 4.58. The highest BCUT2D eigenvalue weighted by atomic mass is 19.1. The first-order chi connectivity index (χ1) is 15.2. The van der Waals surface area contributed by atoms with Crippen LogP contribution in [-0.2, 0) is 6.42 Å².